The lowest BCUT2D eigenvalue weighted by molar-refractivity contribution is 0.260. The van der Waals surface area contributed by atoms with Gasteiger partial charge in [0, 0.05) is 24.2 Å². The maximum Gasteiger partial charge on any atom is 0.243 e. The number of sulfonamides is 1. The standard InChI is InChI=1S/C15H21ClN2O2S.ClH/c1-10-5-6-12(16)7-15(10)21(19,20)18-8-11-3-2-4-14(17)13(11)9-18;/h5-7,11,13-14H,2-4,8-9,17H2,1H3;1H. The molecule has 7 heteroatoms. The van der Waals surface area contributed by atoms with E-state index in [9.17, 15) is 8.42 Å². The number of benzene rings is 1. The fourth-order valence-electron chi connectivity index (χ4n) is 3.66. The Kier molecular flexibility index (Phi) is 5.45. The topological polar surface area (TPSA) is 63.4 Å². The molecule has 3 atom stereocenters. The molecular weight excluding hydrogens is 343 g/mol. The number of nitrogens with zero attached hydrogens (tertiary/aromatic N) is 1. The Bertz CT molecular complexity index is 651. The number of rotatable bonds is 2. The van der Waals surface area contributed by atoms with Gasteiger partial charge < -0.3 is 5.73 Å². The van der Waals surface area contributed by atoms with Gasteiger partial charge in [-0.1, -0.05) is 24.1 Å². The van der Waals surface area contributed by atoms with Crippen LogP contribution in [0.25, 0.3) is 0 Å². The highest BCUT2D eigenvalue weighted by atomic mass is 35.5. The summed E-state index contributed by atoms with van der Waals surface area (Å²) in [6.45, 7) is 2.94. The molecule has 124 valence electrons. The molecule has 4 nitrogen and oxygen atoms in total. The van der Waals surface area contributed by atoms with Gasteiger partial charge in [-0.25, -0.2) is 8.42 Å². The van der Waals surface area contributed by atoms with Crippen molar-refractivity contribution >= 4 is 34.0 Å². The van der Waals surface area contributed by atoms with Gasteiger partial charge in [-0.15, -0.1) is 12.4 Å². The van der Waals surface area contributed by atoms with E-state index in [4.69, 9.17) is 17.3 Å². The maximum atomic E-state index is 12.9. The number of nitrogens with two attached hydrogens (primary N) is 1. The van der Waals surface area contributed by atoms with Crippen LogP contribution in [0.5, 0.6) is 0 Å². The Morgan fingerprint density at radius 2 is 2.00 bits per heavy atom. The second-order valence-corrected chi connectivity index (χ2v) is 8.59. The highest BCUT2D eigenvalue weighted by Crippen LogP contribution is 2.38. The third kappa shape index (κ3) is 3.15. The van der Waals surface area contributed by atoms with Crippen LogP contribution in [0.2, 0.25) is 5.02 Å². The molecule has 0 radical (unpaired) electrons. The van der Waals surface area contributed by atoms with Gasteiger partial charge in [-0.2, -0.15) is 4.31 Å². The van der Waals surface area contributed by atoms with E-state index < -0.39 is 10.0 Å². The minimum atomic E-state index is -3.48. The first-order valence-corrected chi connectivity index (χ1v) is 9.23. The Balaban J connectivity index is 0.00000176. The fraction of sp³-hybridized carbons (Fsp3) is 0.600. The van der Waals surface area contributed by atoms with E-state index in [0.717, 1.165) is 24.8 Å². The van der Waals surface area contributed by atoms with Crippen LogP contribution in [-0.2, 0) is 10.0 Å². The van der Waals surface area contributed by atoms with Crippen LogP contribution in [0, 0.1) is 18.8 Å². The Morgan fingerprint density at radius 3 is 2.68 bits per heavy atom. The van der Waals surface area contributed by atoms with E-state index in [1.807, 2.05) is 0 Å². The third-order valence-electron chi connectivity index (χ3n) is 4.89. The molecule has 1 aromatic rings. The van der Waals surface area contributed by atoms with Gasteiger partial charge in [0.25, 0.3) is 0 Å². The summed E-state index contributed by atoms with van der Waals surface area (Å²) >= 11 is 5.97. The largest absolute Gasteiger partial charge is 0.327 e. The van der Waals surface area contributed by atoms with Crippen LogP contribution in [0.4, 0.5) is 0 Å². The molecule has 2 aliphatic rings. The molecule has 1 saturated heterocycles. The summed E-state index contributed by atoms with van der Waals surface area (Å²) in [6.07, 6.45) is 3.19. The highest BCUT2D eigenvalue weighted by molar-refractivity contribution is 7.89. The van der Waals surface area contributed by atoms with E-state index in [1.54, 1.807) is 29.4 Å². The Hall–Kier alpha value is -0.330. The molecule has 0 amide bonds. The molecule has 3 rings (SSSR count). The molecule has 0 aromatic heterocycles. The summed E-state index contributed by atoms with van der Waals surface area (Å²) in [5, 5.41) is 0.451. The van der Waals surface area contributed by atoms with Crippen LogP contribution in [0.1, 0.15) is 24.8 Å². The molecule has 22 heavy (non-hydrogen) atoms. The van der Waals surface area contributed by atoms with Crippen molar-refractivity contribution < 1.29 is 8.42 Å². The molecule has 1 aromatic carbocycles. The summed E-state index contributed by atoms with van der Waals surface area (Å²) < 4.78 is 27.4. The summed E-state index contributed by atoms with van der Waals surface area (Å²) in [7, 11) is -3.48. The fourth-order valence-corrected chi connectivity index (χ4v) is 5.68. The lowest BCUT2D eigenvalue weighted by atomic mass is 9.78. The van der Waals surface area contributed by atoms with Gasteiger partial charge in [0.1, 0.15) is 0 Å². The summed E-state index contributed by atoms with van der Waals surface area (Å²) in [5.74, 6) is 0.705. The summed E-state index contributed by atoms with van der Waals surface area (Å²) in [6, 6.07) is 5.15. The molecule has 1 aliphatic carbocycles. The first-order valence-electron chi connectivity index (χ1n) is 7.41. The van der Waals surface area contributed by atoms with Crippen molar-refractivity contribution in [1.82, 2.24) is 4.31 Å². The lowest BCUT2D eigenvalue weighted by Gasteiger charge is -2.29. The van der Waals surface area contributed by atoms with Gasteiger partial charge >= 0.3 is 0 Å². The molecule has 0 bridgehead atoms. The molecule has 2 fully saturated rings. The molecule has 0 spiro atoms. The molecule has 1 heterocycles. The molecular formula is C15H22Cl2N2O2S. The Labute approximate surface area is 143 Å². The summed E-state index contributed by atoms with van der Waals surface area (Å²) in [5.41, 5.74) is 6.91. The van der Waals surface area contributed by atoms with Crippen LogP contribution >= 0.6 is 24.0 Å². The Morgan fingerprint density at radius 1 is 1.27 bits per heavy atom. The number of halogens is 2. The van der Waals surface area contributed by atoms with Crippen LogP contribution in [0.3, 0.4) is 0 Å². The predicted octanol–water partition coefficient (Wildman–Crippen LogP) is 2.82. The third-order valence-corrected chi connectivity index (χ3v) is 7.10. The number of hydrogen-bond acceptors (Lipinski definition) is 3. The minimum absolute atomic E-state index is 0. The average Bonchev–Trinajstić information content (AvgIpc) is 2.88. The number of fused-ring (bicyclic) bond motifs is 1. The van der Waals surface area contributed by atoms with Crippen molar-refractivity contribution in [3.63, 3.8) is 0 Å². The zero-order chi connectivity index (χ0) is 15.2. The highest BCUT2D eigenvalue weighted by Gasteiger charge is 2.43. The predicted molar refractivity (Wildman–Crippen MR) is 91.0 cm³/mol. The van der Waals surface area contributed by atoms with Crippen molar-refractivity contribution in [3.05, 3.63) is 28.8 Å². The van der Waals surface area contributed by atoms with Gasteiger partial charge in [0.15, 0.2) is 0 Å². The zero-order valence-corrected chi connectivity index (χ0v) is 14.9. The van der Waals surface area contributed by atoms with E-state index in [0.29, 0.717) is 34.8 Å². The summed E-state index contributed by atoms with van der Waals surface area (Å²) in [4.78, 5) is 0.321. The van der Waals surface area contributed by atoms with Crippen LogP contribution in [-0.4, -0.2) is 31.9 Å². The minimum Gasteiger partial charge on any atom is -0.327 e. The van der Waals surface area contributed by atoms with E-state index in [1.165, 1.54) is 0 Å². The normalized spacial score (nSPS) is 29.0. The second kappa shape index (κ2) is 6.65. The van der Waals surface area contributed by atoms with Gasteiger partial charge in [0.05, 0.1) is 4.90 Å². The van der Waals surface area contributed by atoms with Crippen molar-refractivity contribution in [1.29, 1.82) is 0 Å². The molecule has 3 unspecified atom stereocenters. The second-order valence-electron chi connectivity index (χ2n) is 6.25. The van der Waals surface area contributed by atoms with E-state index in [-0.39, 0.29) is 18.4 Å². The molecule has 1 saturated carbocycles. The van der Waals surface area contributed by atoms with E-state index >= 15 is 0 Å². The van der Waals surface area contributed by atoms with Gasteiger partial charge in [-0.05, 0) is 49.3 Å². The molecule has 2 N–H and O–H groups in total. The average molecular weight is 365 g/mol. The first-order chi connectivity index (χ1) is 9.89. The van der Waals surface area contributed by atoms with Crippen molar-refractivity contribution in [3.8, 4) is 0 Å². The first kappa shape index (κ1) is 18.0. The monoisotopic (exact) mass is 364 g/mol. The maximum absolute atomic E-state index is 12.9. The van der Waals surface area contributed by atoms with Gasteiger partial charge in [-0.3, -0.25) is 0 Å². The van der Waals surface area contributed by atoms with Crippen LogP contribution < -0.4 is 5.73 Å². The van der Waals surface area contributed by atoms with Crippen molar-refractivity contribution in [2.45, 2.75) is 37.1 Å². The SMILES string of the molecule is Cc1ccc(Cl)cc1S(=O)(=O)N1CC2CCCC(N)C2C1.Cl. The quantitative estimate of drug-likeness (QED) is 0.877. The van der Waals surface area contributed by atoms with Crippen molar-refractivity contribution in [2.75, 3.05) is 13.1 Å². The number of hydrogen-bond donors (Lipinski definition) is 1. The lowest BCUT2D eigenvalue weighted by Crippen LogP contribution is -2.38. The van der Waals surface area contributed by atoms with Crippen molar-refractivity contribution in [2.24, 2.45) is 17.6 Å². The van der Waals surface area contributed by atoms with Crippen LogP contribution in [0.15, 0.2) is 23.1 Å². The number of aryl methyl sites for hydroxylation is 1. The smallest absolute Gasteiger partial charge is 0.243 e. The van der Waals surface area contributed by atoms with Gasteiger partial charge in [0.2, 0.25) is 10.0 Å². The zero-order valence-electron chi connectivity index (χ0n) is 12.5. The molecule has 1 aliphatic heterocycles. The van der Waals surface area contributed by atoms with E-state index in [2.05, 4.69) is 0 Å².